The van der Waals surface area contributed by atoms with Crippen LogP contribution >= 0.6 is 0 Å². The second kappa shape index (κ2) is 20.7. The summed E-state index contributed by atoms with van der Waals surface area (Å²) in [6.07, 6.45) is 11.8. The van der Waals surface area contributed by atoms with Gasteiger partial charge in [-0.2, -0.15) is 0 Å². The number of hydrogen-bond donors (Lipinski definition) is 0. The minimum atomic E-state index is -2.30. The Morgan fingerprint density at radius 3 is 1.81 bits per heavy atom. The number of carbonyl (C=O) groups excluding carboxylic acids is 3. The Hall–Kier alpha value is -0.0526. The van der Waals surface area contributed by atoms with E-state index in [-0.39, 0.29) is 30.3 Å². The molecule has 0 aliphatic carbocycles. The predicted molar refractivity (Wildman–Crippen MR) is 118 cm³/mol. The van der Waals surface area contributed by atoms with Crippen molar-refractivity contribution in [3.8, 4) is 0 Å². The molecule has 0 unspecified atom stereocenters. The van der Waals surface area contributed by atoms with E-state index in [1.54, 1.807) is 0 Å². The summed E-state index contributed by atoms with van der Waals surface area (Å²) in [7, 11) is 0. The zero-order chi connectivity index (χ0) is 19.6. The average Bonchev–Trinajstić information content (AvgIpc) is 2.62. The van der Waals surface area contributed by atoms with E-state index >= 15 is 0 Å². The van der Waals surface area contributed by atoms with Gasteiger partial charge in [-0.1, -0.05) is 13.3 Å². The summed E-state index contributed by atoms with van der Waals surface area (Å²) in [5.41, 5.74) is 0. The van der Waals surface area contributed by atoms with Crippen LogP contribution in [-0.4, -0.2) is 62.0 Å². The molecule has 0 bridgehead atoms. The molecule has 0 saturated carbocycles. The van der Waals surface area contributed by atoms with Crippen molar-refractivity contribution in [2.45, 2.75) is 93.9 Å². The Morgan fingerprint density at radius 1 is 0.741 bits per heavy atom. The summed E-state index contributed by atoms with van der Waals surface area (Å²) in [5.74, 6) is -1.80. The van der Waals surface area contributed by atoms with Crippen molar-refractivity contribution in [1.82, 2.24) is 0 Å². The van der Waals surface area contributed by atoms with E-state index in [4.69, 9.17) is 3.07 Å². The van der Waals surface area contributed by atoms with Crippen LogP contribution in [0.4, 0.5) is 0 Å². The molecule has 0 aliphatic rings. The first-order valence-electron chi connectivity index (χ1n) is 10.2. The van der Waals surface area contributed by atoms with Gasteiger partial charge < -0.3 is 0 Å². The molecule has 0 heterocycles. The molecular weight excluding hydrogens is 558 g/mol. The normalized spacial score (nSPS) is 10.7. The van der Waals surface area contributed by atoms with Gasteiger partial charge in [0.25, 0.3) is 0 Å². The Kier molecular flexibility index (Phi) is 22.3. The second-order valence-electron chi connectivity index (χ2n) is 6.63. The Labute approximate surface area is 189 Å². The van der Waals surface area contributed by atoms with Crippen molar-refractivity contribution in [2.24, 2.45) is 0 Å². The maximum absolute atomic E-state index is 11.9. The number of unbranched alkanes of at least 4 members (excludes halogenated alkanes) is 6. The summed E-state index contributed by atoms with van der Waals surface area (Å²) in [6, 6.07) is 0. The van der Waals surface area contributed by atoms with Crippen LogP contribution in [0.2, 0.25) is 8.87 Å². The van der Waals surface area contributed by atoms with Crippen LogP contribution in [0, 0.1) is 0 Å². The summed E-state index contributed by atoms with van der Waals surface area (Å²) < 4.78 is 12.4. The standard InChI is InChI=1S/C12H18O5.2C4H9.2Sn.5H/c1-2-3-4-5-6-7-11(15)17-12(16)9-8-10(13)14;2*1-3-4-2;;;;;;;/h8-9H,2-7H2,1H3,(H,13,14);2*1,3-4H2,2H3;;;;;;;/q;;;;+1;;;;;/p-1/b9-8-;;;;;;;;;. The molecule has 0 aromatic rings. The Balaban J connectivity index is 0. The molecule has 0 radical (unpaired) electrons. The van der Waals surface area contributed by atoms with Crippen LogP contribution in [0.3, 0.4) is 0 Å². The van der Waals surface area contributed by atoms with Crippen molar-refractivity contribution >= 4 is 62.0 Å². The van der Waals surface area contributed by atoms with E-state index < -0.39 is 38.1 Å². The number of carbonyl (C=O) groups is 3. The molecule has 0 aromatic heterocycles. The van der Waals surface area contributed by atoms with E-state index in [2.05, 4.69) is 25.5 Å². The number of ether oxygens (including phenoxy) is 1. The van der Waals surface area contributed by atoms with Gasteiger partial charge in [-0.3, -0.25) is 0 Å². The van der Waals surface area contributed by atoms with E-state index in [0.29, 0.717) is 0 Å². The van der Waals surface area contributed by atoms with E-state index in [0.717, 1.165) is 78.8 Å². The zero-order valence-corrected chi connectivity index (χ0v) is 20.1. The molecule has 0 amide bonds. The van der Waals surface area contributed by atoms with Crippen LogP contribution in [0.25, 0.3) is 0 Å². The monoisotopic (exact) mass is 600 g/mol. The molecule has 158 valence electrons. The molecule has 0 N–H and O–H groups in total. The van der Waals surface area contributed by atoms with Crippen molar-refractivity contribution in [2.75, 3.05) is 0 Å². The Morgan fingerprint density at radius 2 is 1.26 bits per heavy atom. The predicted octanol–water partition coefficient (Wildman–Crippen LogP) is 3.39. The average molecular weight is 598 g/mol. The molecule has 0 fully saturated rings. The van der Waals surface area contributed by atoms with Gasteiger partial charge in [0.1, 0.15) is 0 Å². The van der Waals surface area contributed by atoms with Gasteiger partial charge in [-0.15, -0.1) is 0 Å². The molecule has 27 heavy (non-hydrogen) atoms. The van der Waals surface area contributed by atoms with E-state index in [9.17, 15) is 14.4 Å². The van der Waals surface area contributed by atoms with Gasteiger partial charge in [0.2, 0.25) is 0 Å². The first-order valence-corrected chi connectivity index (χ1v) is 16.2. The Bertz CT molecular complexity index is 430. The quantitative estimate of drug-likeness (QED) is 0.0952. The second-order valence-corrected chi connectivity index (χ2v) is 14.2. The maximum atomic E-state index is 11.9. The SMILES string of the molecule is CCCCCCCC(=O)OC(=O)/C=C\C(=O)[O][SnH]([CH2]CCC)[CH2]CCC.[SnH4]. The third kappa shape index (κ3) is 19.1. The van der Waals surface area contributed by atoms with Gasteiger partial charge in [0.15, 0.2) is 0 Å². The molecule has 0 saturated heterocycles. The van der Waals surface area contributed by atoms with Gasteiger partial charge in [0.05, 0.1) is 0 Å². The van der Waals surface area contributed by atoms with E-state index in [1.165, 1.54) is 0 Å². The van der Waals surface area contributed by atoms with Crippen molar-refractivity contribution in [3.05, 3.63) is 12.2 Å². The molecule has 0 aliphatic heterocycles. The molecule has 7 heteroatoms. The van der Waals surface area contributed by atoms with Crippen LogP contribution < -0.4 is 0 Å². The van der Waals surface area contributed by atoms with Crippen molar-refractivity contribution in [1.29, 1.82) is 0 Å². The van der Waals surface area contributed by atoms with Gasteiger partial charge in [0, 0.05) is 0 Å². The number of hydrogen-bond acceptors (Lipinski definition) is 5. The van der Waals surface area contributed by atoms with E-state index in [1.807, 2.05) is 0 Å². The van der Waals surface area contributed by atoms with Gasteiger partial charge >= 0.3 is 177 Å². The first-order chi connectivity index (χ1) is 12.5. The minimum absolute atomic E-state index is 0. The summed E-state index contributed by atoms with van der Waals surface area (Å²) >= 11 is -2.30. The van der Waals surface area contributed by atoms with Crippen LogP contribution in [0.5, 0.6) is 0 Å². The fraction of sp³-hybridized carbons (Fsp3) is 0.750. The van der Waals surface area contributed by atoms with Crippen molar-refractivity contribution < 1.29 is 22.2 Å². The first kappa shape index (κ1) is 29.2. The number of rotatable bonds is 15. The van der Waals surface area contributed by atoms with Crippen LogP contribution in [0.1, 0.15) is 85.0 Å². The van der Waals surface area contributed by atoms with Gasteiger partial charge in [-0.05, 0) is 0 Å². The topological polar surface area (TPSA) is 69.7 Å². The molecular formula is C20H40O5Sn2. The summed E-state index contributed by atoms with van der Waals surface area (Å²) in [6.45, 7) is 6.38. The number of esters is 2. The molecule has 5 nitrogen and oxygen atoms in total. The third-order valence-corrected chi connectivity index (χ3v) is 11.7. The fourth-order valence-corrected chi connectivity index (χ4v) is 10.1. The van der Waals surface area contributed by atoms with Crippen molar-refractivity contribution in [3.63, 3.8) is 0 Å². The fourth-order valence-electron chi connectivity index (χ4n) is 2.54. The third-order valence-electron chi connectivity index (χ3n) is 4.10. The summed E-state index contributed by atoms with van der Waals surface area (Å²) in [4.78, 5) is 35.1. The van der Waals surface area contributed by atoms with Gasteiger partial charge in [-0.25, -0.2) is 0 Å². The zero-order valence-electron chi connectivity index (χ0n) is 16.8. The summed E-state index contributed by atoms with van der Waals surface area (Å²) in [5, 5.41) is 0. The molecule has 0 spiro atoms. The van der Waals surface area contributed by atoms with Crippen LogP contribution in [-0.2, 0) is 22.2 Å². The molecule has 0 aromatic carbocycles. The van der Waals surface area contributed by atoms with Crippen LogP contribution in [0.15, 0.2) is 12.2 Å². The molecule has 0 atom stereocenters. The molecule has 0 rings (SSSR count).